The molecule has 0 aliphatic rings. The van der Waals surface area contributed by atoms with Crippen LogP contribution >= 0.6 is 0 Å². The number of hydrogen-bond acceptors (Lipinski definition) is 0. The van der Waals surface area contributed by atoms with Gasteiger partial charge >= 0.3 is 0 Å². The van der Waals surface area contributed by atoms with Crippen LogP contribution in [0.15, 0.2) is 36.0 Å². The minimum Gasteiger partial charge on any atom is -0.103 e. The molecule has 2 unspecified atom stereocenters. The molecular formula is C14H24. The van der Waals surface area contributed by atoms with Crippen LogP contribution in [0.2, 0.25) is 0 Å². The summed E-state index contributed by atoms with van der Waals surface area (Å²) in [5.41, 5.74) is 2.95. The van der Waals surface area contributed by atoms with Crippen molar-refractivity contribution in [3.63, 3.8) is 0 Å². The molecule has 0 aromatic rings. The van der Waals surface area contributed by atoms with Gasteiger partial charge in [-0.05, 0) is 39.0 Å². The summed E-state index contributed by atoms with van der Waals surface area (Å²) in [5.74, 6) is 1.27. The molecule has 80 valence electrons. The van der Waals surface area contributed by atoms with E-state index in [0.29, 0.717) is 11.8 Å². The Hall–Kier alpha value is -0.780. The van der Waals surface area contributed by atoms with Crippen LogP contribution in [0.4, 0.5) is 0 Å². The molecular weight excluding hydrogens is 168 g/mol. The van der Waals surface area contributed by atoms with E-state index in [1.807, 2.05) is 6.08 Å². The van der Waals surface area contributed by atoms with Gasteiger partial charge in [-0.2, -0.15) is 0 Å². The lowest BCUT2D eigenvalue weighted by molar-refractivity contribution is 0.502. The number of allylic oxidation sites excluding steroid dienone is 5. The second kappa shape index (κ2) is 6.64. The van der Waals surface area contributed by atoms with E-state index in [1.165, 1.54) is 11.1 Å². The van der Waals surface area contributed by atoms with Crippen LogP contribution in [-0.2, 0) is 0 Å². The van der Waals surface area contributed by atoms with Gasteiger partial charge in [-0.15, -0.1) is 6.58 Å². The molecule has 0 saturated carbocycles. The van der Waals surface area contributed by atoms with E-state index in [1.54, 1.807) is 0 Å². The van der Waals surface area contributed by atoms with E-state index in [2.05, 4.69) is 53.3 Å². The maximum atomic E-state index is 3.73. The Bertz CT molecular complexity index is 230. The normalized spacial score (nSPS) is 17.8. The molecule has 0 aromatic heterocycles. The Kier molecular flexibility index (Phi) is 6.27. The van der Waals surface area contributed by atoms with Crippen molar-refractivity contribution in [2.45, 2.75) is 41.0 Å². The van der Waals surface area contributed by atoms with Crippen molar-refractivity contribution >= 4 is 0 Å². The number of rotatable bonds is 5. The topological polar surface area (TPSA) is 0 Å². The summed E-state index contributed by atoms with van der Waals surface area (Å²) in [6, 6.07) is 0. The van der Waals surface area contributed by atoms with Gasteiger partial charge in [-0.1, -0.05) is 43.2 Å². The second-order valence-electron chi connectivity index (χ2n) is 4.08. The molecule has 0 nitrogen and oxygen atoms in total. The summed E-state index contributed by atoms with van der Waals surface area (Å²) < 4.78 is 0. The Morgan fingerprint density at radius 2 is 1.64 bits per heavy atom. The molecule has 0 aromatic carbocycles. The van der Waals surface area contributed by atoms with E-state index in [-0.39, 0.29) is 0 Å². The van der Waals surface area contributed by atoms with Gasteiger partial charge in [0.2, 0.25) is 0 Å². The highest BCUT2D eigenvalue weighted by molar-refractivity contribution is 5.12. The van der Waals surface area contributed by atoms with Gasteiger partial charge < -0.3 is 0 Å². The van der Waals surface area contributed by atoms with Crippen LogP contribution in [0, 0.1) is 11.8 Å². The zero-order valence-electron chi connectivity index (χ0n) is 10.3. The SMILES string of the molecule is C=CC/C=C(\C)C(C)C(C)/C(C)=C/C. The molecule has 0 fully saturated rings. The first-order chi connectivity index (χ1) is 6.54. The molecule has 0 spiro atoms. The summed E-state index contributed by atoms with van der Waals surface area (Å²) in [4.78, 5) is 0. The van der Waals surface area contributed by atoms with Crippen molar-refractivity contribution < 1.29 is 0 Å². The fourth-order valence-electron chi connectivity index (χ4n) is 1.51. The third-order valence-corrected chi connectivity index (χ3v) is 3.25. The van der Waals surface area contributed by atoms with Gasteiger partial charge in [-0.3, -0.25) is 0 Å². The average Bonchev–Trinajstić information content (AvgIpc) is 2.22. The summed E-state index contributed by atoms with van der Waals surface area (Å²) in [6.07, 6.45) is 7.42. The average molecular weight is 192 g/mol. The van der Waals surface area contributed by atoms with E-state index >= 15 is 0 Å². The van der Waals surface area contributed by atoms with E-state index < -0.39 is 0 Å². The smallest absolute Gasteiger partial charge is 0.0169 e. The highest BCUT2D eigenvalue weighted by Crippen LogP contribution is 2.26. The Labute approximate surface area is 89.4 Å². The third kappa shape index (κ3) is 3.95. The summed E-state index contributed by atoms with van der Waals surface area (Å²) in [5, 5.41) is 0. The Morgan fingerprint density at radius 1 is 1.14 bits per heavy atom. The molecule has 0 saturated heterocycles. The van der Waals surface area contributed by atoms with Gasteiger partial charge in [0.25, 0.3) is 0 Å². The van der Waals surface area contributed by atoms with Gasteiger partial charge in [0, 0.05) is 0 Å². The minimum absolute atomic E-state index is 0.631. The van der Waals surface area contributed by atoms with Gasteiger partial charge in [0.1, 0.15) is 0 Å². The van der Waals surface area contributed by atoms with Crippen LogP contribution in [0.25, 0.3) is 0 Å². The first-order valence-corrected chi connectivity index (χ1v) is 5.44. The van der Waals surface area contributed by atoms with E-state index in [0.717, 1.165) is 6.42 Å². The Balaban J connectivity index is 4.45. The second-order valence-corrected chi connectivity index (χ2v) is 4.08. The molecule has 0 N–H and O–H groups in total. The van der Waals surface area contributed by atoms with Crippen LogP contribution < -0.4 is 0 Å². The summed E-state index contributed by atoms with van der Waals surface area (Å²) in [7, 11) is 0. The molecule has 0 aliphatic carbocycles. The number of hydrogen-bond donors (Lipinski definition) is 0. The van der Waals surface area contributed by atoms with Crippen molar-refractivity contribution in [1.82, 2.24) is 0 Å². The molecule has 0 heterocycles. The lowest BCUT2D eigenvalue weighted by atomic mass is 9.84. The standard InChI is InChI=1S/C14H24/c1-7-9-10-12(4)14(6)13(5)11(3)8-2/h7-8,10,13-14H,1,9H2,2-6H3/b11-8+,12-10+. The van der Waals surface area contributed by atoms with Crippen LogP contribution in [0.5, 0.6) is 0 Å². The van der Waals surface area contributed by atoms with Crippen LogP contribution in [0.3, 0.4) is 0 Å². The molecule has 14 heavy (non-hydrogen) atoms. The molecule has 0 bridgehead atoms. The zero-order valence-corrected chi connectivity index (χ0v) is 10.3. The predicted molar refractivity (Wildman–Crippen MR) is 66.3 cm³/mol. The lowest BCUT2D eigenvalue weighted by Crippen LogP contribution is -2.10. The molecule has 0 amide bonds. The van der Waals surface area contributed by atoms with Crippen molar-refractivity contribution in [3.05, 3.63) is 36.0 Å². The lowest BCUT2D eigenvalue weighted by Gasteiger charge is -2.21. The predicted octanol–water partition coefficient (Wildman–Crippen LogP) is 4.75. The first-order valence-electron chi connectivity index (χ1n) is 5.44. The highest BCUT2D eigenvalue weighted by Gasteiger charge is 2.14. The monoisotopic (exact) mass is 192 g/mol. The summed E-state index contributed by atoms with van der Waals surface area (Å²) >= 11 is 0. The first kappa shape index (κ1) is 13.2. The fourth-order valence-corrected chi connectivity index (χ4v) is 1.51. The van der Waals surface area contributed by atoms with Gasteiger partial charge in [0.15, 0.2) is 0 Å². The van der Waals surface area contributed by atoms with E-state index in [9.17, 15) is 0 Å². The maximum absolute atomic E-state index is 3.73. The molecule has 2 atom stereocenters. The third-order valence-electron chi connectivity index (χ3n) is 3.25. The summed E-state index contributed by atoms with van der Waals surface area (Å²) in [6.45, 7) is 14.9. The van der Waals surface area contributed by atoms with Crippen molar-refractivity contribution in [2.75, 3.05) is 0 Å². The fraction of sp³-hybridized carbons (Fsp3) is 0.571. The highest BCUT2D eigenvalue weighted by atomic mass is 14.2. The molecule has 0 heteroatoms. The van der Waals surface area contributed by atoms with Crippen LogP contribution in [-0.4, -0.2) is 0 Å². The van der Waals surface area contributed by atoms with Crippen LogP contribution in [0.1, 0.15) is 41.0 Å². The Morgan fingerprint density at radius 3 is 2.07 bits per heavy atom. The minimum atomic E-state index is 0.631. The molecule has 0 radical (unpaired) electrons. The quantitative estimate of drug-likeness (QED) is 0.551. The largest absolute Gasteiger partial charge is 0.103 e. The molecule has 0 rings (SSSR count). The van der Waals surface area contributed by atoms with Crippen molar-refractivity contribution in [2.24, 2.45) is 11.8 Å². The van der Waals surface area contributed by atoms with Gasteiger partial charge in [-0.25, -0.2) is 0 Å². The zero-order chi connectivity index (χ0) is 11.1. The molecule has 0 aliphatic heterocycles. The van der Waals surface area contributed by atoms with Crippen molar-refractivity contribution in [3.8, 4) is 0 Å². The van der Waals surface area contributed by atoms with E-state index in [4.69, 9.17) is 0 Å². The van der Waals surface area contributed by atoms with Crippen molar-refractivity contribution in [1.29, 1.82) is 0 Å². The maximum Gasteiger partial charge on any atom is -0.0169 e. The van der Waals surface area contributed by atoms with Gasteiger partial charge in [0.05, 0.1) is 0 Å².